The first-order valence-corrected chi connectivity index (χ1v) is 5.69. The zero-order valence-electron chi connectivity index (χ0n) is 9.93. The maximum Gasteiger partial charge on any atom is 0.339 e. The molecule has 0 atom stereocenters. The average molecular weight is 285 g/mol. The van der Waals surface area contributed by atoms with Crippen LogP contribution < -0.4 is 4.74 Å². The van der Waals surface area contributed by atoms with Gasteiger partial charge in [0, 0.05) is 7.05 Å². The van der Waals surface area contributed by atoms with Crippen LogP contribution in [0.1, 0.15) is 16.1 Å². The van der Waals surface area contributed by atoms with Crippen molar-refractivity contribution in [1.82, 2.24) is 9.78 Å². The Labute approximate surface area is 113 Å². The van der Waals surface area contributed by atoms with E-state index < -0.39 is 11.8 Å². The number of para-hydroxylation sites is 1. The predicted molar refractivity (Wildman–Crippen MR) is 65.9 cm³/mol. The van der Waals surface area contributed by atoms with E-state index in [1.165, 1.54) is 29.1 Å². The Balaban J connectivity index is 2.24. The molecule has 0 amide bonds. The third-order valence-electron chi connectivity index (χ3n) is 2.56. The van der Waals surface area contributed by atoms with Crippen molar-refractivity contribution in [2.45, 2.75) is 6.61 Å². The number of halogens is 2. The molecule has 0 radical (unpaired) electrons. The van der Waals surface area contributed by atoms with Crippen LogP contribution in [0.5, 0.6) is 5.75 Å². The number of aryl methyl sites for hydroxylation is 1. The van der Waals surface area contributed by atoms with Crippen LogP contribution in [0.2, 0.25) is 5.02 Å². The van der Waals surface area contributed by atoms with Crippen molar-refractivity contribution in [1.29, 1.82) is 0 Å². The number of benzene rings is 1. The highest BCUT2D eigenvalue weighted by Gasteiger charge is 2.17. The lowest BCUT2D eigenvalue weighted by atomic mass is 10.2. The lowest BCUT2D eigenvalue weighted by Crippen LogP contribution is -2.09. The summed E-state index contributed by atoms with van der Waals surface area (Å²) in [6, 6.07) is 4.15. The molecule has 0 aliphatic heterocycles. The second-order valence-corrected chi connectivity index (χ2v) is 4.18. The molecule has 1 aromatic heterocycles. The van der Waals surface area contributed by atoms with E-state index in [1.807, 2.05) is 0 Å². The van der Waals surface area contributed by atoms with Gasteiger partial charge < -0.3 is 9.84 Å². The molecule has 2 aromatic rings. The van der Waals surface area contributed by atoms with E-state index in [0.717, 1.165) is 0 Å². The number of hydrogen-bond donors (Lipinski definition) is 1. The quantitative estimate of drug-likeness (QED) is 0.937. The highest BCUT2D eigenvalue weighted by molar-refractivity contribution is 6.32. The Morgan fingerprint density at radius 2 is 2.32 bits per heavy atom. The molecule has 0 aliphatic carbocycles. The van der Waals surface area contributed by atoms with Crippen LogP contribution >= 0.6 is 11.6 Å². The predicted octanol–water partition coefficient (Wildman–Crippen LogP) is 2.49. The van der Waals surface area contributed by atoms with Gasteiger partial charge in [-0.25, -0.2) is 9.18 Å². The summed E-state index contributed by atoms with van der Waals surface area (Å²) in [5.74, 6) is -1.83. The van der Waals surface area contributed by atoms with Gasteiger partial charge >= 0.3 is 5.97 Å². The van der Waals surface area contributed by atoms with Crippen molar-refractivity contribution in [3.63, 3.8) is 0 Å². The second-order valence-electron chi connectivity index (χ2n) is 3.77. The lowest BCUT2D eigenvalue weighted by Gasteiger charge is -2.09. The molecule has 0 spiro atoms. The highest BCUT2D eigenvalue weighted by atomic mass is 35.5. The minimum absolute atomic E-state index is 0.00922. The van der Waals surface area contributed by atoms with Crippen LogP contribution in [0.25, 0.3) is 0 Å². The summed E-state index contributed by atoms with van der Waals surface area (Å²) < 4.78 is 20.1. The van der Waals surface area contributed by atoms with Crippen LogP contribution in [0, 0.1) is 5.82 Å². The lowest BCUT2D eigenvalue weighted by molar-refractivity contribution is 0.0693. The number of hydrogen-bond acceptors (Lipinski definition) is 3. The molecule has 5 nitrogen and oxygen atoms in total. The first-order valence-electron chi connectivity index (χ1n) is 5.31. The molecule has 0 saturated heterocycles. The standard InChI is InChI=1S/C12H10ClFN2O3/c1-16-10(7(5-15-16)12(17)18)6-19-11-8(13)3-2-4-9(11)14/h2-5H,6H2,1H3,(H,17,18). The van der Waals surface area contributed by atoms with E-state index in [2.05, 4.69) is 5.10 Å². The maximum absolute atomic E-state index is 13.5. The second kappa shape index (κ2) is 5.27. The van der Waals surface area contributed by atoms with Gasteiger partial charge in [0.15, 0.2) is 11.6 Å². The third kappa shape index (κ3) is 2.68. The van der Waals surface area contributed by atoms with Crippen molar-refractivity contribution in [2.24, 2.45) is 7.05 Å². The molecule has 0 unspecified atom stereocenters. The van der Waals surface area contributed by atoms with Crippen molar-refractivity contribution in [3.05, 3.63) is 46.5 Å². The molecule has 1 aromatic carbocycles. The molecule has 0 aliphatic rings. The Morgan fingerprint density at radius 1 is 1.58 bits per heavy atom. The first kappa shape index (κ1) is 13.4. The third-order valence-corrected chi connectivity index (χ3v) is 2.86. The topological polar surface area (TPSA) is 64.4 Å². The molecule has 0 bridgehead atoms. The van der Waals surface area contributed by atoms with Crippen LogP contribution in [0.3, 0.4) is 0 Å². The Kier molecular flexibility index (Phi) is 3.71. The van der Waals surface area contributed by atoms with Gasteiger partial charge in [-0.05, 0) is 12.1 Å². The molecule has 0 saturated carbocycles. The van der Waals surface area contributed by atoms with Gasteiger partial charge in [0.1, 0.15) is 12.2 Å². The van der Waals surface area contributed by atoms with Crippen molar-refractivity contribution in [2.75, 3.05) is 0 Å². The fourth-order valence-electron chi connectivity index (χ4n) is 1.57. The monoisotopic (exact) mass is 284 g/mol. The SMILES string of the molecule is Cn1ncc(C(=O)O)c1COc1c(F)cccc1Cl. The fraction of sp³-hybridized carbons (Fsp3) is 0.167. The normalized spacial score (nSPS) is 10.5. The summed E-state index contributed by atoms with van der Waals surface area (Å²) in [7, 11) is 1.58. The van der Waals surface area contributed by atoms with E-state index in [1.54, 1.807) is 7.05 Å². The molecule has 2 rings (SSSR count). The number of rotatable bonds is 4. The summed E-state index contributed by atoms with van der Waals surface area (Å²) >= 11 is 5.81. The van der Waals surface area contributed by atoms with Gasteiger partial charge in [-0.15, -0.1) is 0 Å². The van der Waals surface area contributed by atoms with Gasteiger partial charge in [0.05, 0.1) is 16.9 Å². The van der Waals surface area contributed by atoms with Gasteiger partial charge in [0.25, 0.3) is 0 Å². The average Bonchev–Trinajstić information content (AvgIpc) is 2.70. The van der Waals surface area contributed by atoms with Crippen LogP contribution in [0.4, 0.5) is 4.39 Å². The summed E-state index contributed by atoms with van der Waals surface area (Å²) in [6.07, 6.45) is 1.21. The number of aromatic carboxylic acids is 1. The largest absolute Gasteiger partial charge is 0.483 e. The number of carbonyl (C=O) groups is 1. The van der Waals surface area contributed by atoms with Crippen LogP contribution in [-0.4, -0.2) is 20.9 Å². The molecule has 1 N–H and O–H groups in total. The zero-order chi connectivity index (χ0) is 14.0. The zero-order valence-corrected chi connectivity index (χ0v) is 10.7. The first-order chi connectivity index (χ1) is 9.00. The molecular weight excluding hydrogens is 275 g/mol. The molecule has 0 fully saturated rings. The van der Waals surface area contributed by atoms with E-state index in [9.17, 15) is 9.18 Å². The number of aromatic nitrogens is 2. The molecule has 1 heterocycles. The van der Waals surface area contributed by atoms with E-state index in [4.69, 9.17) is 21.4 Å². The maximum atomic E-state index is 13.5. The summed E-state index contributed by atoms with van der Waals surface area (Å²) in [5.41, 5.74) is 0.335. The smallest absolute Gasteiger partial charge is 0.339 e. The van der Waals surface area contributed by atoms with Gasteiger partial charge in [0.2, 0.25) is 0 Å². The summed E-state index contributed by atoms with van der Waals surface area (Å²) in [5, 5.41) is 12.9. The minimum atomic E-state index is -1.12. The molecular formula is C12H10ClFN2O3. The Hall–Kier alpha value is -2.08. The molecule has 100 valence electrons. The van der Waals surface area contributed by atoms with Crippen molar-refractivity contribution >= 4 is 17.6 Å². The summed E-state index contributed by atoms with van der Waals surface area (Å²) in [4.78, 5) is 11.0. The van der Waals surface area contributed by atoms with Crippen LogP contribution in [-0.2, 0) is 13.7 Å². The number of ether oxygens (including phenoxy) is 1. The van der Waals surface area contributed by atoms with E-state index >= 15 is 0 Å². The van der Waals surface area contributed by atoms with Crippen molar-refractivity contribution < 1.29 is 19.0 Å². The molecule has 7 heteroatoms. The fourth-order valence-corrected chi connectivity index (χ4v) is 1.79. The number of carboxylic acid groups (broad SMARTS) is 1. The van der Waals surface area contributed by atoms with Crippen molar-refractivity contribution in [3.8, 4) is 5.75 Å². The van der Waals surface area contributed by atoms with Gasteiger partial charge in [-0.2, -0.15) is 5.10 Å². The number of nitrogens with zero attached hydrogens (tertiary/aromatic N) is 2. The van der Waals surface area contributed by atoms with Crippen LogP contribution in [0.15, 0.2) is 24.4 Å². The van der Waals surface area contributed by atoms with E-state index in [0.29, 0.717) is 5.69 Å². The Bertz CT molecular complexity index is 607. The van der Waals surface area contributed by atoms with E-state index in [-0.39, 0.29) is 22.9 Å². The van der Waals surface area contributed by atoms with Gasteiger partial charge in [-0.1, -0.05) is 17.7 Å². The summed E-state index contributed by atoms with van der Waals surface area (Å²) in [6.45, 7) is -0.140. The van der Waals surface area contributed by atoms with Gasteiger partial charge in [-0.3, -0.25) is 4.68 Å². The Morgan fingerprint density at radius 3 is 2.95 bits per heavy atom. The minimum Gasteiger partial charge on any atom is -0.483 e. The highest BCUT2D eigenvalue weighted by Crippen LogP contribution is 2.28. The number of carboxylic acids is 1. The molecule has 19 heavy (non-hydrogen) atoms.